The highest BCUT2D eigenvalue weighted by Gasteiger charge is 2.18. The molecule has 0 atom stereocenters. The Morgan fingerprint density at radius 3 is 2.42 bits per heavy atom. The molecule has 5 aromatic rings. The first-order chi connectivity index (χ1) is 17.5. The van der Waals surface area contributed by atoms with E-state index in [2.05, 4.69) is 37.0 Å². The minimum atomic E-state index is -0.0278. The first-order valence-electron chi connectivity index (χ1n) is 12.0. The van der Waals surface area contributed by atoms with Crippen LogP contribution in [0.15, 0.2) is 107 Å². The molecule has 5 rings (SSSR count). The minimum Gasteiger partial charge on any atom is -0.289 e. The van der Waals surface area contributed by atoms with Crippen molar-refractivity contribution in [2.75, 3.05) is 0 Å². The highest BCUT2D eigenvalue weighted by atomic mass is 32.2. The molecule has 2 heterocycles. The van der Waals surface area contributed by atoms with Crippen molar-refractivity contribution in [2.45, 2.75) is 36.6 Å². The van der Waals surface area contributed by atoms with Gasteiger partial charge in [-0.15, -0.1) is 0 Å². The molecular formula is C31H27N3OS. The van der Waals surface area contributed by atoms with Crippen molar-refractivity contribution in [1.82, 2.24) is 14.8 Å². The lowest BCUT2D eigenvalue weighted by Crippen LogP contribution is -1.98. The Bertz CT molecular complexity index is 1550. The van der Waals surface area contributed by atoms with Crippen molar-refractivity contribution in [3.63, 3.8) is 0 Å². The molecule has 178 valence electrons. The average Bonchev–Trinajstić information content (AvgIpc) is 3.22. The quantitative estimate of drug-likeness (QED) is 0.172. The van der Waals surface area contributed by atoms with Crippen LogP contribution in [-0.4, -0.2) is 20.5 Å². The monoisotopic (exact) mass is 489 g/mol. The Labute approximate surface area is 215 Å². The number of hydrogen-bond donors (Lipinski definition) is 0. The summed E-state index contributed by atoms with van der Waals surface area (Å²) in [4.78, 5) is 18.7. The maximum atomic E-state index is 13.0. The normalized spacial score (nSPS) is 11.6. The lowest BCUT2D eigenvalue weighted by atomic mass is 10.0. The third-order valence-corrected chi connectivity index (χ3v) is 7.26. The van der Waals surface area contributed by atoms with Gasteiger partial charge in [0.2, 0.25) is 0 Å². The Morgan fingerprint density at radius 1 is 0.917 bits per heavy atom. The molecule has 36 heavy (non-hydrogen) atoms. The summed E-state index contributed by atoms with van der Waals surface area (Å²) in [5, 5.41) is 6.88. The van der Waals surface area contributed by atoms with Gasteiger partial charge in [-0.05, 0) is 54.8 Å². The number of para-hydroxylation sites is 2. The second-order valence-corrected chi connectivity index (χ2v) is 9.99. The van der Waals surface area contributed by atoms with Crippen LogP contribution in [0.5, 0.6) is 0 Å². The minimum absolute atomic E-state index is 0.0278. The maximum absolute atomic E-state index is 13.0. The summed E-state index contributed by atoms with van der Waals surface area (Å²) in [5.74, 6) is 0.402. The molecule has 0 amide bonds. The smallest absolute Gasteiger partial charge is 0.185 e. The van der Waals surface area contributed by atoms with Crippen LogP contribution in [0.3, 0.4) is 0 Å². The SMILES string of the molecule is Cc1nn(-c2ccccc2)c(Sc2cccc3cccnc23)c1/C=C/C(=O)c1ccc(C(C)C)cc1. The van der Waals surface area contributed by atoms with Gasteiger partial charge < -0.3 is 0 Å². The number of allylic oxidation sites excluding steroid dienone is 1. The Kier molecular flexibility index (Phi) is 6.83. The van der Waals surface area contributed by atoms with Crippen LogP contribution in [0.4, 0.5) is 0 Å². The Hall–Kier alpha value is -3.96. The molecule has 0 saturated heterocycles. The van der Waals surface area contributed by atoms with Crippen LogP contribution in [0.2, 0.25) is 0 Å². The molecule has 0 radical (unpaired) electrons. The van der Waals surface area contributed by atoms with Crippen LogP contribution in [0.25, 0.3) is 22.7 Å². The van der Waals surface area contributed by atoms with Gasteiger partial charge in [-0.25, -0.2) is 4.68 Å². The first kappa shape index (κ1) is 23.8. The highest BCUT2D eigenvalue weighted by molar-refractivity contribution is 7.99. The Morgan fingerprint density at radius 2 is 1.67 bits per heavy atom. The first-order valence-corrected chi connectivity index (χ1v) is 12.8. The average molecular weight is 490 g/mol. The zero-order valence-corrected chi connectivity index (χ0v) is 21.4. The van der Waals surface area contributed by atoms with Crippen molar-refractivity contribution in [2.24, 2.45) is 0 Å². The van der Waals surface area contributed by atoms with Gasteiger partial charge >= 0.3 is 0 Å². The van der Waals surface area contributed by atoms with E-state index in [1.54, 1.807) is 17.8 Å². The summed E-state index contributed by atoms with van der Waals surface area (Å²) in [6.45, 7) is 6.27. The van der Waals surface area contributed by atoms with E-state index in [1.165, 1.54) is 5.56 Å². The largest absolute Gasteiger partial charge is 0.289 e. The van der Waals surface area contributed by atoms with Crippen molar-refractivity contribution in [1.29, 1.82) is 0 Å². The lowest BCUT2D eigenvalue weighted by Gasteiger charge is -2.10. The highest BCUT2D eigenvalue weighted by Crippen LogP contribution is 2.37. The number of nitrogens with zero attached hydrogens (tertiary/aromatic N) is 3. The standard InChI is InChI=1S/C31H27N3OS/c1-21(2)23-14-16-24(17-15-23)28(35)19-18-27-22(3)33-34(26-11-5-4-6-12-26)31(27)36-29-13-7-9-25-10-8-20-32-30(25)29/h4-21H,1-3H3/b19-18+. The van der Waals surface area contributed by atoms with E-state index >= 15 is 0 Å². The van der Waals surface area contributed by atoms with E-state index in [0.717, 1.165) is 37.8 Å². The number of rotatable bonds is 7. The van der Waals surface area contributed by atoms with E-state index in [1.807, 2.05) is 90.6 Å². The van der Waals surface area contributed by atoms with E-state index in [9.17, 15) is 4.79 Å². The second kappa shape index (κ2) is 10.3. The zero-order chi connectivity index (χ0) is 25.1. The van der Waals surface area contributed by atoms with E-state index < -0.39 is 0 Å². The summed E-state index contributed by atoms with van der Waals surface area (Å²) in [6.07, 6.45) is 5.35. The number of carbonyl (C=O) groups is 1. The van der Waals surface area contributed by atoms with Gasteiger partial charge in [0.05, 0.1) is 16.9 Å². The predicted molar refractivity (Wildman–Crippen MR) is 148 cm³/mol. The van der Waals surface area contributed by atoms with Gasteiger partial charge in [-0.3, -0.25) is 9.78 Å². The fourth-order valence-electron chi connectivity index (χ4n) is 4.10. The summed E-state index contributed by atoms with van der Waals surface area (Å²) in [6, 6.07) is 28.1. The van der Waals surface area contributed by atoms with Gasteiger partial charge in [-0.1, -0.05) is 86.3 Å². The lowest BCUT2D eigenvalue weighted by molar-refractivity contribution is 0.104. The van der Waals surface area contributed by atoms with Gasteiger partial charge in [0.15, 0.2) is 5.78 Å². The molecule has 3 aromatic carbocycles. The summed E-state index contributed by atoms with van der Waals surface area (Å²) < 4.78 is 1.95. The molecule has 0 aliphatic carbocycles. The number of aromatic nitrogens is 3. The number of benzene rings is 3. The molecule has 0 spiro atoms. The van der Waals surface area contributed by atoms with Crippen LogP contribution < -0.4 is 0 Å². The van der Waals surface area contributed by atoms with Crippen molar-refractivity contribution in [3.8, 4) is 5.69 Å². The fourth-order valence-corrected chi connectivity index (χ4v) is 5.28. The fraction of sp³-hybridized carbons (Fsp3) is 0.129. The topological polar surface area (TPSA) is 47.8 Å². The molecule has 0 aliphatic rings. The third kappa shape index (κ3) is 4.88. The maximum Gasteiger partial charge on any atom is 0.185 e. The van der Waals surface area contributed by atoms with Crippen LogP contribution >= 0.6 is 11.8 Å². The molecule has 0 aliphatic heterocycles. The van der Waals surface area contributed by atoms with Gasteiger partial charge in [0, 0.05) is 27.6 Å². The van der Waals surface area contributed by atoms with Crippen molar-refractivity contribution >= 4 is 34.5 Å². The second-order valence-electron chi connectivity index (χ2n) is 8.96. The van der Waals surface area contributed by atoms with Crippen LogP contribution in [0.1, 0.15) is 46.9 Å². The number of aryl methyl sites for hydroxylation is 1. The number of carbonyl (C=O) groups excluding carboxylic acids is 1. The van der Waals surface area contributed by atoms with Gasteiger partial charge in [0.1, 0.15) is 5.03 Å². The van der Waals surface area contributed by atoms with E-state index in [-0.39, 0.29) is 5.78 Å². The van der Waals surface area contributed by atoms with E-state index in [4.69, 9.17) is 5.10 Å². The molecule has 4 nitrogen and oxygen atoms in total. The van der Waals surface area contributed by atoms with Gasteiger partial charge in [0.25, 0.3) is 0 Å². The van der Waals surface area contributed by atoms with Crippen molar-refractivity contribution < 1.29 is 4.79 Å². The predicted octanol–water partition coefficient (Wildman–Crippen LogP) is 7.90. The van der Waals surface area contributed by atoms with Crippen LogP contribution in [-0.2, 0) is 0 Å². The number of ketones is 1. The molecule has 2 aromatic heterocycles. The molecule has 0 saturated carbocycles. The number of fused-ring (bicyclic) bond motifs is 1. The van der Waals surface area contributed by atoms with E-state index in [0.29, 0.717) is 11.5 Å². The summed E-state index contributed by atoms with van der Waals surface area (Å²) in [7, 11) is 0. The zero-order valence-electron chi connectivity index (χ0n) is 20.6. The molecule has 0 bridgehead atoms. The third-order valence-electron chi connectivity index (χ3n) is 6.13. The summed E-state index contributed by atoms with van der Waals surface area (Å²) >= 11 is 1.61. The van der Waals surface area contributed by atoms with Gasteiger partial charge in [-0.2, -0.15) is 5.10 Å². The number of hydrogen-bond acceptors (Lipinski definition) is 4. The number of pyridine rings is 1. The van der Waals surface area contributed by atoms with Crippen LogP contribution in [0, 0.1) is 6.92 Å². The molecule has 5 heteroatoms. The molecular weight excluding hydrogens is 462 g/mol. The molecule has 0 unspecified atom stereocenters. The Balaban J connectivity index is 1.55. The molecule has 0 fully saturated rings. The summed E-state index contributed by atoms with van der Waals surface area (Å²) in [5.41, 5.74) is 5.58. The molecule has 0 N–H and O–H groups in total. The van der Waals surface area contributed by atoms with Crippen molar-refractivity contribution in [3.05, 3.63) is 120 Å².